The van der Waals surface area contributed by atoms with Gasteiger partial charge in [0.2, 0.25) is 0 Å². The van der Waals surface area contributed by atoms with E-state index in [0.29, 0.717) is 22.8 Å². The number of fused-ring (bicyclic) bond motifs is 1. The summed E-state index contributed by atoms with van der Waals surface area (Å²) < 4.78 is 5.31. The lowest BCUT2D eigenvalue weighted by atomic mass is 10.1. The Balaban J connectivity index is 1.75. The molecular formula is C17H15N3O4. The number of ether oxygens (including phenoxy) is 1. The summed E-state index contributed by atoms with van der Waals surface area (Å²) in [5.41, 5.74) is 5.91. The third kappa shape index (κ3) is 3.35. The number of hydrogen-bond acceptors (Lipinski definition) is 5. The number of carbonyl (C=O) groups excluding carboxylic acids is 1. The van der Waals surface area contributed by atoms with E-state index in [1.54, 1.807) is 24.3 Å². The average molecular weight is 325 g/mol. The lowest BCUT2D eigenvalue weighted by Crippen LogP contribution is -2.25. The van der Waals surface area contributed by atoms with Crippen molar-refractivity contribution in [3.8, 4) is 5.75 Å². The topological polar surface area (TPSA) is 100 Å². The molecule has 0 aliphatic carbocycles. The van der Waals surface area contributed by atoms with Crippen LogP contribution in [0.15, 0.2) is 47.6 Å². The van der Waals surface area contributed by atoms with E-state index in [9.17, 15) is 9.59 Å². The Hall–Kier alpha value is -3.35. The molecule has 0 fully saturated rings. The molecule has 1 heterocycles. The van der Waals surface area contributed by atoms with Crippen LogP contribution in [0, 0.1) is 0 Å². The maximum atomic E-state index is 11.4. The standard InChI is InChI=1S/C17H15N3O4/c1-10(19-20-13-5-2-11(3-6-13)17(22)23)12-4-7-15-14(8-12)18-16(21)9-24-15/h2-8,20H,9H2,1H3,(H,18,21)(H,22,23)/b19-10-. The number of amides is 1. The third-order valence-corrected chi connectivity index (χ3v) is 3.51. The second-order valence-corrected chi connectivity index (χ2v) is 5.24. The zero-order valence-corrected chi connectivity index (χ0v) is 12.9. The van der Waals surface area contributed by atoms with E-state index in [1.807, 2.05) is 13.0 Å². The van der Waals surface area contributed by atoms with Crippen molar-refractivity contribution in [1.29, 1.82) is 0 Å². The second-order valence-electron chi connectivity index (χ2n) is 5.24. The van der Waals surface area contributed by atoms with Gasteiger partial charge in [-0.3, -0.25) is 10.2 Å². The van der Waals surface area contributed by atoms with Gasteiger partial charge in [-0.15, -0.1) is 0 Å². The first-order chi connectivity index (χ1) is 11.5. The minimum absolute atomic E-state index is 0.0211. The Morgan fingerprint density at radius 1 is 1.21 bits per heavy atom. The van der Waals surface area contributed by atoms with Crippen molar-refractivity contribution in [2.45, 2.75) is 6.92 Å². The second kappa shape index (κ2) is 6.41. The highest BCUT2D eigenvalue weighted by atomic mass is 16.5. The molecule has 0 aromatic heterocycles. The van der Waals surface area contributed by atoms with Gasteiger partial charge in [-0.2, -0.15) is 5.10 Å². The maximum absolute atomic E-state index is 11.4. The summed E-state index contributed by atoms with van der Waals surface area (Å²) in [4.78, 5) is 22.2. The Bertz CT molecular complexity index is 828. The molecule has 0 saturated carbocycles. The molecule has 0 atom stereocenters. The van der Waals surface area contributed by atoms with Crippen LogP contribution in [0.3, 0.4) is 0 Å². The van der Waals surface area contributed by atoms with Crippen molar-refractivity contribution < 1.29 is 19.4 Å². The minimum atomic E-state index is -0.973. The lowest BCUT2D eigenvalue weighted by molar-refractivity contribution is -0.118. The van der Waals surface area contributed by atoms with Gasteiger partial charge in [0.1, 0.15) is 5.75 Å². The van der Waals surface area contributed by atoms with E-state index in [0.717, 1.165) is 5.56 Å². The van der Waals surface area contributed by atoms with Crippen LogP contribution in [0.25, 0.3) is 0 Å². The zero-order valence-electron chi connectivity index (χ0n) is 12.9. The predicted molar refractivity (Wildman–Crippen MR) is 89.8 cm³/mol. The van der Waals surface area contributed by atoms with Crippen LogP contribution in [0.5, 0.6) is 5.75 Å². The molecule has 7 nitrogen and oxygen atoms in total. The SMILES string of the molecule is C/C(=N/Nc1ccc(C(=O)O)cc1)c1ccc2c(c1)NC(=O)CO2. The van der Waals surface area contributed by atoms with Crippen molar-refractivity contribution in [3.05, 3.63) is 53.6 Å². The van der Waals surface area contributed by atoms with Gasteiger partial charge < -0.3 is 15.2 Å². The number of aromatic carboxylic acids is 1. The molecule has 24 heavy (non-hydrogen) atoms. The Kier molecular flexibility index (Phi) is 4.15. The molecule has 2 aromatic rings. The summed E-state index contributed by atoms with van der Waals surface area (Å²) in [5.74, 6) is -0.534. The molecule has 0 saturated heterocycles. The number of benzene rings is 2. The number of anilines is 2. The summed E-state index contributed by atoms with van der Waals surface area (Å²) in [7, 11) is 0. The molecule has 7 heteroatoms. The van der Waals surface area contributed by atoms with Crippen LogP contribution in [0.4, 0.5) is 11.4 Å². The van der Waals surface area contributed by atoms with Gasteiger partial charge in [0, 0.05) is 0 Å². The fourth-order valence-electron chi connectivity index (χ4n) is 2.21. The molecule has 0 bridgehead atoms. The summed E-state index contributed by atoms with van der Waals surface area (Å²) in [6, 6.07) is 11.7. The minimum Gasteiger partial charge on any atom is -0.482 e. The number of nitrogens with one attached hydrogen (secondary N) is 2. The third-order valence-electron chi connectivity index (χ3n) is 3.51. The molecule has 3 rings (SSSR count). The Labute approximate surface area is 138 Å². The normalized spacial score (nSPS) is 13.5. The highest BCUT2D eigenvalue weighted by molar-refractivity contribution is 6.02. The lowest BCUT2D eigenvalue weighted by Gasteiger charge is -2.18. The first kappa shape index (κ1) is 15.5. The Morgan fingerprint density at radius 3 is 2.62 bits per heavy atom. The number of rotatable bonds is 4. The number of carboxylic acids is 1. The fraction of sp³-hybridized carbons (Fsp3) is 0.118. The quantitative estimate of drug-likeness (QED) is 0.592. The Morgan fingerprint density at radius 2 is 1.92 bits per heavy atom. The number of carboxylic acid groups (broad SMARTS) is 1. The van der Waals surface area contributed by atoms with Gasteiger partial charge in [-0.05, 0) is 55.0 Å². The molecule has 0 spiro atoms. The first-order valence-corrected chi connectivity index (χ1v) is 7.23. The van der Waals surface area contributed by atoms with Gasteiger partial charge >= 0.3 is 5.97 Å². The maximum Gasteiger partial charge on any atom is 0.335 e. The smallest absolute Gasteiger partial charge is 0.335 e. The number of hydrazone groups is 1. The van der Waals surface area contributed by atoms with Crippen LogP contribution in [0.1, 0.15) is 22.8 Å². The summed E-state index contributed by atoms with van der Waals surface area (Å²) in [6.07, 6.45) is 0. The molecule has 0 radical (unpaired) electrons. The van der Waals surface area contributed by atoms with Crippen molar-refractivity contribution in [2.24, 2.45) is 5.10 Å². The number of carbonyl (C=O) groups is 2. The highest BCUT2D eigenvalue weighted by Gasteiger charge is 2.16. The van der Waals surface area contributed by atoms with Gasteiger partial charge in [0.15, 0.2) is 6.61 Å². The van der Waals surface area contributed by atoms with Crippen LogP contribution in [-0.4, -0.2) is 29.3 Å². The molecule has 3 N–H and O–H groups in total. The molecule has 122 valence electrons. The molecule has 1 aliphatic heterocycles. The zero-order chi connectivity index (χ0) is 17.1. The van der Waals surface area contributed by atoms with Crippen molar-refractivity contribution in [2.75, 3.05) is 17.3 Å². The van der Waals surface area contributed by atoms with E-state index in [2.05, 4.69) is 15.8 Å². The predicted octanol–water partition coefficient (Wildman–Crippen LogP) is 2.55. The summed E-state index contributed by atoms with van der Waals surface area (Å²) in [6.45, 7) is 1.85. The molecular weight excluding hydrogens is 310 g/mol. The van der Waals surface area contributed by atoms with Crippen molar-refractivity contribution in [3.63, 3.8) is 0 Å². The van der Waals surface area contributed by atoms with Gasteiger partial charge in [0.25, 0.3) is 5.91 Å². The van der Waals surface area contributed by atoms with Crippen LogP contribution >= 0.6 is 0 Å². The number of nitrogens with zero attached hydrogens (tertiary/aromatic N) is 1. The molecule has 1 amide bonds. The van der Waals surface area contributed by atoms with Gasteiger partial charge in [-0.1, -0.05) is 0 Å². The molecule has 2 aromatic carbocycles. The van der Waals surface area contributed by atoms with Crippen LogP contribution in [0.2, 0.25) is 0 Å². The van der Waals surface area contributed by atoms with Crippen LogP contribution in [-0.2, 0) is 4.79 Å². The van der Waals surface area contributed by atoms with E-state index in [4.69, 9.17) is 9.84 Å². The number of hydrogen-bond donors (Lipinski definition) is 3. The summed E-state index contributed by atoms with van der Waals surface area (Å²) >= 11 is 0. The average Bonchev–Trinajstić information content (AvgIpc) is 2.59. The van der Waals surface area contributed by atoms with Gasteiger partial charge in [0.05, 0.1) is 22.6 Å². The van der Waals surface area contributed by atoms with E-state index in [-0.39, 0.29) is 18.1 Å². The fourth-order valence-corrected chi connectivity index (χ4v) is 2.21. The molecule has 1 aliphatic rings. The summed E-state index contributed by atoms with van der Waals surface area (Å²) in [5, 5.41) is 15.9. The largest absolute Gasteiger partial charge is 0.482 e. The monoisotopic (exact) mass is 325 g/mol. The van der Waals surface area contributed by atoms with Crippen molar-refractivity contribution in [1.82, 2.24) is 0 Å². The highest BCUT2D eigenvalue weighted by Crippen LogP contribution is 2.28. The van der Waals surface area contributed by atoms with Gasteiger partial charge in [-0.25, -0.2) is 4.79 Å². The van der Waals surface area contributed by atoms with E-state index >= 15 is 0 Å². The first-order valence-electron chi connectivity index (χ1n) is 7.23. The molecule has 0 unspecified atom stereocenters. The van der Waals surface area contributed by atoms with E-state index in [1.165, 1.54) is 12.1 Å². The van der Waals surface area contributed by atoms with E-state index < -0.39 is 5.97 Å². The van der Waals surface area contributed by atoms with Crippen LogP contribution < -0.4 is 15.5 Å². The van der Waals surface area contributed by atoms with Crippen molar-refractivity contribution >= 4 is 29.0 Å².